The third-order valence-electron chi connectivity index (χ3n) is 16.0. The Hall–Kier alpha value is -8.06. The topological polar surface area (TPSA) is 0 Å². The van der Waals surface area contributed by atoms with Crippen LogP contribution in [0.2, 0.25) is 0 Å². The summed E-state index contributed by atoms with van der Waals surface area (Å²) in [6, 6.07) is 83.8. The maximum absolute atomic E-state index is 2.63. The predicted molar refractivity (Wildman–Crippen MR) is 266 cm³/mol. The van der Waals surface area contributed by atoms with Crippen LogP contribution in [-0.4, -0.2) is 0 Å². The molecule has 0 heterocycles. The van der Waals surface area contributed by atoms with Gasteiger partial charge in [0.15, 0.2) is 0 Å². The van der Waals surface area contributed by atoms with E-state index in [0.29, 0.717) is 0 Å². The van der Waals surface area contributed by atoms with E-state index in [9.17, 15) is 0 Å². The van der Waals surface area contributed by atoms with E-state index in [-0.39, 0.29) is 0 Å². The molecule has 64 heavy (non-hydrogen) atoms. The Bertz CT molecular complexity index is 3980. The molecule has 0 saturated carbocycles. The van der Waals surface area contributed by atoms with E-state index in [2.05, 4.69) is 218 Å². The molecule has 16 rings (SSSR count). The lowest BCUT2D eigenvalue weighted by Gasteiger charge is -2.32. The molecule has 292 valence electrons. The first-order chi connectivity index (χ1) is 31.8. The monoisotopic (exact) mass is 804 g/mol. The number of rotatable bonds is 1. The highest BCUT2D eigenvalue weighted by molar-refractivity contribution is 6.36. The summed E-state index contributed by atoms with van der Waals surface area (Å²) < 4.78 is 0. The molecule has 0 aliphatic heterocycles. The second-order valence-electron chi connectivity index (χ2n) is 18.5. The minimum Gasteiger partial charge on any atom is -0.0622 e. The van der Waals surface area contributed by atoms with Crippen LogP contribution in [0.25, 0.3) is 98.7 Å². The summed E-state index contributed by atoms with van der Waals surface area (Å²) in [5, 5.41) is 10.7. The molecule has 4 aliphatic rings. The molecule has 0 saturated heterocycles. The van der Waals surface area contributed by atoms with Crippen molar-refractivity contribution < 1.29 is 0 Å². The molecule has 0 atom stereocenters. The van der Waals surface area contributed by atoms with Crippen molar-refractivity contribution in [3.05, 3.63) is 263 Å². The molecule has 0 bridgehead atoms. The highest BCUT2D eigenvalue weighted by Crippen LogP contribution is 2.67. The molecule has 0 fully saturated rings. The van der Waals surface area contributed by atoms with Gasteiger partial charge in [-0.05, 0) is 161 Å². The van der Waals surface area contributed by atoms with Crippen molar-refractivity contribution in [1.29, 1.82) is 0 Å². The van der Waals surface area contributed by atoms with Gasteiger partial charge >= 0.3 is 0 Å². The van der Waals surface area contributed by atoms with Gasteiger partial charge in [-0.1, -0.05) is 200 Å². The quantitative estimate of drug-likeness (QED) is 0.115. The lowest BCUT2D eigenvalue weighted by atomic mass is 9.69. The average Bonchev–Trinajstić information content (AvgIpc) is 4.04. The van der Waals surface area contributed by atoms with Crippen molar-refractivity contribution in [1.82, 2.24) is 0 Å². The van der Waals surface area contributed by atoms with Crippen LogP contribution >= 0.6 is 0 Å². The Labute approximate surface area is 370 Å². The largest absolute Gasteiger partial charge is 0.0726 e. The Morgan fingerprint density at radius 1 is 0.203 bits per heavy atom. The summed E-state index contributed by atoms with van der Waals surface area (Å²) in [5.41, 5.74) is 23.4. The Morgan fingerprint density at radius 3 is 1.06 bits per heavy atom. The zero-order chi connectivity index (χ0) is 41.5. The van der Waals surface area contributed by atoms with E-state index in [1.807, 2.05) is 0 Å². The number of hydrogen-bond donors (Lipinski definition) is 0. The molecule has 0 nitrogen and oxygen atoms in total. The third-order valence-corrected chi connectivity index (χ3v) is 16.0. The summed E-state index contributed by atoms with van der Waals surface area (Å²) in [6.07, 6.45) is 0. The molecule has 0 amide bonds. The van der Waals surface area contributed by atoms with E-state index < -0.39 is 10.8 Å². The van der Waals surface area contributed by atoms with Crippen molar-refractivity contribution in [2.75, 3.05) is 0 Å². The van der Waals surface area contributed by atoms with Gasteiger partial charge in [0.05, 0.1) is 10.8 Å². The fourth-order valence-electron chi connectivity index (χ4n) is 13.8. The first-order valence-electron chi connectivity index (χ1n) is 22.7. The highest BCUT2D eigenvalue weighted by Gasteiger charge is 2.54. The van der Waals surface area contributed by atoms with Gasteiger partial charge in [-0.3, -0.25) is 0 Å². The molecule has 0 N–H and O–H groups in total. The van der Waals surface area contributed by atoms with E-state index in [1.54, 1.807) is 0 Å². The molecule has 0 heteroatoms. The second kappa shape index (κ2) is 11.5. The van der Waals surface area contributed by atoms with E-state index in [1.165, 1.54) is 143 Å². The maximum Gasteiger partial charge on any atom is 0.0726 e. The van der Waals surface area contributed by atoms with Crippen LogP contribution in [-0.2, 0) is 10.8 Å². The van der Waals surface area contributed by atoms with Crippen LogP contribution in [0.1, 0.15) is 44.5 Å². The molecular formula is C64H36. The first kappa shape index (κ1) is 33.6. The van der Waals surface area contributed by atoms with Gasteiger partial charge < -0.3 is 0 Å². The van der Waals surface area contributed by atoms with Crippen LogP contribution in [0.5, 0.6) is 0 Å². The number of benzene rings is 12. The van der Waals surface area contributed by atoms with Crippen LogP contribution < -0.4 is 0 Å². The molecule has 4 aliphatic carbocycles. The molecule has 12 aromatic rings. The molecule has 0 unspecified atom stereocenters. The smallest absolute Gasteiger partial charge is 0.0622 e. The summed E-state index contributed by atoms with van der Waals surface area (Å²) in [6.45, 7) is 0. The number of fused-ring (bicyclic) bond motifs is 24. The normalized spacial score (nSPS) is 14.8. The van der Waals surface area contributed by atoms with Gasteiger partial charge in [0.2, 0.25) is 0 Å². The summed E-state index contributed by atoms with van der Waals surface area (Å²) in [4.78, 5) is 0. The third kappa shape index (κ3) is 3.63. The minimum absolute atomic E-state index is 0.420. The lowest BCUT2D eigenvalue weighted by molar-refractivity contribution is 0.795. The second-order valence-corrected chi connectivity index (χ2v) is 18.5. The molecular weight excluding hydrogens is 769 g/mol. The van der Waals surface area contributed by atoms with Crippen molar-refractivity contribution in [3.8, 4) is 55.6 Å². The summed E-state index contributed by atoms with van der Waals surface area (Å²) in [7, 11) is 0. The Kier molecular flexibility index (Phi) is 6.02. The van der Waals surface area contributed by atoms with E-state index in [0.717, 1.165) is 0 Å². The van der Waals surface area contributed by atoms with Gasteiger partial charge in [0, 0.05) is 0 Å². The van der Waals surface area contributed by atoms with Gasteiger partial charge in [-0.25, -0.2) is 0 Å². The van der Waals surface area contributed by atoms with Crippen molar-refractivity contribution in [3.63, 3.8) is 0 Å². The van der Waals surface area contributed by atoms with Crippen LogP contribution in [0.3, 0.4) is 0 Å². The average molecular weight is 805 g/mol. The summed E-state index contributed by atoms with van der Waals surface area (Å²) >= 11 is 0. The molecule has 0 aromatic heterocycles. The zero-order valence-electron chi connectivity index (χ0n) is 34.8. The Balaban J connectivity index is 1.08. The fourth-order valence-corrected chi connectivity index (χ4v) is 13.8. The number of hydrogen-bond acceptors (Lipinski definition) is 0. The minimum atomic E-state index is -0.482. The van der Waals surface area contributed by atoms with Crippen LogP contribution in [0, 0.1) is 0 Å². The molecule has 0 radical (unpaired) electrons. The van der Waals surface area contributed by atoms with Crippen molar-refractivity contribution >= 4 is 43.1 Å². The highest BCUT2D eigenvalue weighted by atomic mass is 14.5. The molecule has 12 aromatic carbocycles. The standard InChI is InChI=1S/C64H36/c1-2-16-37(17-3-1)38-32-33-46-56(34-38)64(53-29-11-6-20-41(53)42-21-7-12-30-54(42)64)58-36-50-44-23-14-25-47-59(44)49(43-24-15-26-48(60(43)50)62(46)58)35-57-61(47)45-22-8-13-31-55(45)63(57)51-27-9-4-18-39(51)40-19-5-10-28-52(40)63/h1-36H. The maximum atomic E-state index is 2.63. The van der Waals surface area contributed by atoms with Gasteiger partial charge in [0.1, 0.15) is 0 Å². The predicted octanol–water partition coefficient (Wildman–Crippen LogP) is 16.1. The van der Waals surface area contributed by atoms with E-state index in [4.69, 9.17) is 0 Å². The SMILES string of the molecule is c1ccc(-c2ccc3c(c2)C2(c4ccccc4-c4ccccc42)c2cc4c5cccc6c7c(cc(c8cccc(c2-3)c84)c65)C2(c3ccccc3-c3ccccc32)c2ccccc2-7)cc1. The van der Waals surface area contributed by atoms with Crippen LogP contribution in [0.15, 0.2) is 218 Å². The molecule has 2 spiro atoms. The lowest BCUT2D eigenvalue weighted by Crippen LogP contribution is -2.26. The zero-order valence-corrected chi connectivity index (χ0v) is 34.8. The Morgan fingerprint density at radius 2 is 0.578 bits per heavy atom. The fraction of sp³-hybridized carbons (Fsp3) is 0.0312. The van der Waals surface area contributed by atoms with Gasteiger partial charge in [0.25, 0.3) is 0 Å². The summed E-state index contributed by atoms with van der Waals surface area (Å²) in [5.74, 6) is 0. The first-order valence-corrected chi connectivity index (χ1v) is 22.7. The van der Waals surface area contributed by atoms with Crippen LogP contribution in [0.4, 0.5) is 0 Å². The van der Waals surface area contributed by atoms with E-state index >= 15 is 0 Å². The van der Waals surface area contributed by atoms with Crippen molar-refractivity contribution in [2.24, 2.45) is 0 Å². The van der Waals surface area contributed by atoms with Crippen molar-refractivity contribution in [2.45, 2.75) is 10.8 Å². The van der Waals surface area contributed by atoms with Gasteiger partial charge in [-0.15, -0.1) is 0 Å². The van der Waals surface area contributed by atoms with Gasteiger partial charge in [-0.2, -0.15) is 0 Å².